The van der Waals surface area contributed by atoms with E-state index >= 15 is 0 Å². The molecule has 0 aromatic heterocycles. The van der Waals surface area contributed by atoms with Crippen molar-refractivity contribution in [3.63, 3.8) is 0 Å². The summed E-state index contributed by atoms with van der Waals surface area (Å²) in [6.45, 7) is 9.63. The van der Waals surface area contributed by atoms with Crippen LogP contribution in [0.1, 0.15) is 51.1 Å². The Morgan fingerprint density at radius 3 is 2.33 bits per heavy atom. The fraction of sp³-hybridized carbons (Fsp3) is 0.316. The standard InChI is InChI=1S/C19H22N2O3/c1-11-9-13(3)17(10-12(11)2)15(5)20-19(22)16-7-6-8-18(14(16)4)21(23)24/h6-10,15H,1-5H3,(H,20,22)/t15-/m0/s1. The minimum atomic E-state index is -0.469. The monoisotopic (exact) mass is 326 g/mol. The Labute approximate surface area is 141 Å². The van der Waals surface area contributed by atoms with E-state index in [0.717, 1.165) is 11.1 Å². The lowest BCUT2D eigenvalue weighted by atomic mass is 9.96. The first-order valence-electron chi connectivity index (χ1n) is 7.85. The SMILES string of the molecule is Cc1cc(C)c([C@H](C)NC(=O)c2cccc([N+](=O)[O-])c2C)cc1C. The summed E-state index contributed by atoms with van der Waals surface area (Å²) in [4.78, 5) is 23.1. The van der Waals surface area contributed by atoms with Gasteiger partial charge in [-0.1, -0.05) is 18.2 Å². The second-order valence-corrected chi connectivity index (χ2v) is 6.20. The molecule has 0 spiro atoms. The Balaban J connectivity index is 2.29. The second kappa shape index (κ2) is 6.83. The number of carbonyl (C=O) groups excluding carboxylic acids is 1. The molecule has 0 unspecified atom stereocenters. The van der Waals surface area contributed by atoms with E-state index in [0.29, 0.717) is 11.1 Å². The Bertz CT molecular complexity index is 812. The number of carbonyl (C=O) groups is 1. The van der Waals surface area contributed by atoms with Gasteiger partial charge in [-0.15, -0.1) is 0 Å². The lowest BCUT2D eigenvalue weighted by Gasteiger charge is -2.19. The van der Waals surface area contributed by atoms with E-state index in [4.69, 9.17) is 0 Å². The molecule has 2 rings (SSSR count). The maximum Gasteiger partial charge on any atom is 0.273 e. The summed E-state index contributed by atoms with van der Waals surface area (Å²) in [5.41, 5.74) is 5.21. The van der Waals surface area contributed by atoms with Crippen LogP contribution in [0.3, 0.4) is 0 Å². The Morgan fingerprint density at radius 1 is 1.08 bits per heavy atom. The van der Waals surface area contributed by atoms with Crippen LogP contribution in [0.4, 0.5) is 5.69 Å². The molecule has 2 aromatic rings. The summed E-state index contributed by atoms with van der Waals surface area (Å²) >= 11 is 0. The molecular formula is C19H22N2O3. The van der Waals surface area contributed by atoms with Crippen molar-refractivity contribution >= 4 is 11.6 Å². The Morgan fingerprint density at radius 2 is 1.71 bits per heavy atom. The number of rotatable bonds is 4. The van der Waals surface area contributed by atoms with E-state index < -0.39 is 4.92 Å². The first kappa shape index (κ1) is 17.7. The molecule has 0 aliphatic heterocycles. The number of hydrogen-bond acceptors (Lipinski definition) is 3. The van der Waals surface area contributed by atoms with Gasteiger partial charge < -0.3 is 5.32 Å². The van der Waals surface area contributed by atoms with Gasteiger partial charge in [0.25, 0.3) is 11.6 Å². The van der Waals surface area contributed by atoms with E-state index in [2.05, 4.69) is 24.4 Å². The predicted octanol–water partition coefficient (Wildman–Crippen LogP) is 4.32. The number of aryl methyl sites for hydroxylation is 3. The first-order chi connectivity index (χ1) is 11.2. The highest BCUT2D eigenvalue weighted by Crippen LogP contribution is 2.24. The number of nitro groups is 1. The van der Waals surface area contributed by atoms with Gasteiger partial charge in [0, 0.05) is 17.2 Å². The number of amides is 1. The van der Waals surface area contributed by atoms with E-state index in [1.54, 1.807) is 13.0 Å². The molecule has 0 bridgehead atoms. The smallest absolute Gasteiger partial charge is 0.273 e. The summed E-state index contributed by atoms with van der Waals surface area (Å²) in [6, 6.07) is 8.55. The number of nitro benzene ring substituents is 1. The zero-order valence-electron chi connectivity index (χ0n) is 14.6. The van der Waals surface area contributed by atoms with Crippen LogP contribution in [-0.4, -0.2) is 10.8 Å². The fourth-order valence-electron chi connectivity index (χ4n) is 2.87. The molecule has 0 saturated heterocycles. The average Bonchev–Trinajstić information content (AvgIpc) is 2.50. The van der Waals surface area contributed by atoms with E-state index in [1.165, 1.54) is 23.3 Å². The molecule has 0 saturated carbocycles. The van der Waals surface area contributed by atoms with Crippen LogP contribution in [0.15, 0.2) is 30.3 Å². The molecule has 1 N–H and O–H groups in total. The molecule has 126 valence electrons. The number of benzene rings is 2. The summed E-state index contributed by atoms with van der Waals surface area (Å²) < 4.78 is 0. The number of hydrogen-bond donors (Lipinski definition) is 1. The van der Waals surface area contributed by atoms with Gasteiger partial charge in [-0.3, -0.25) is 14.9 Å². The van der Waals surface area contributed by atoms with Crippen molar-refractivity contribution in [3.05, 3.63) is 73.8 Å². The van der Waals surface area contributed by atoms with Crippen LogP contribution in [0.2, 0.25) is 0 Å². The van der Waals surface area contributed by atoms with E-state index in [-0.39, 0.29) is 17.6 Å². The third-order valence-corrected chi connectivity index (χ3v) is 4.44. The van der Waals surface area contributed by atoms with Crippen LogP contribution < -0.4 is 5.32 Å². The molecular weight excluding hydrogens is 304 g/mol. The highest BCUT2D eigenvalue weighted by Gasteiger charge is 2.20. The summed E-state index contributed by atoms with van der Waals surface area (Å²) in [7, 11) is 0. The molecule has 0 aliphatic carbocycles. The lowest BCUT2D eigenvalue weighted by Crippen LogP contribution is -2.28. The van der Waals surface area contributed by atoms with Gasteiger partial charge in [-0.2, -0.15) is 0 Å². The third-order valence-electron chi connectivity index (χ3n) is 4.44. The van der Waals surface area contributed by atoms with Gasteiger partial charge in [-0.25, -0.2) is 0 Å². The Hall–Kier alpha value is -2.69. The van der Waals surface area contributed by atoms with Crippen molar-refractivity contribution in [1.82, 2.24) is 5.32 Å². The van der Waals surface area contributed by atoms with Gasteiger partial charge in [0.1, 0.15) is 0 Å². The van der Waals surface area contributed by atoms with Gasteiger partial charge in [0.05, 0.1) is 11.0 Å². The fourth-order valence-corrected chi connectivity index (χ4v) is 2.87. The van der Waals surface area contributed by atoms with Gasteiger partial charge in [0.2, 0.25) is 0 Å². The molecule has 0 fully saturated rings. The molecule has 0 heterocycles. The molecule has 1 amide bonds. The van der Waals surface area contributed by atoms with Crippen molar-refractivity contribution < 1.29 is 9.72 Å². The predicted molar refractivity (Wildman–Crippen MR) is 94.4 cm³/mol. The van der Waals surface area contributed by atoms with Gasteiger partial charge in [0.15, 0.2) is 0 Å². The molecule has 0 aliphatic rings. The van der Waals surface area contributed by atoms with E-state index in [1.807, 2.05) is 20.8 Å². The molecule has 24 heavy (non-hydrogen) atoms. The minimum absolute atomic E-state index is 0.0438. The van der Waals surface area contributed by atoms with Crippen LogP contribution in [0, 0.1) is 37.8 Å². The maximum atomic E-state index is 12.6. The lowest BCUT2D eigenvalue weighted by molar-refractivity contribution is -0.385. The zero-order chi connectivity index (χ0) is 18.0. The molecule has 0 radical (unpaired) electrons. The van der Waals surface area contributed by atoms with Crippen molar-refractivity contribution in [2.75, 3.05) is 0 Å². The average molecular weight is 326 g/mol. The summed E-state index contributed by atoms with van der Waals surface area (Å²) in [6.07, 6.45) is 0. The number of nitrogens with zero attached hydrogens (tertiary/aromatic N) is 1. The number of nitrogens with one attached hydrogen (secondary N) is 1. The van der Waals surface area contributed by atoms with Gasteiger partial charge in [-0.05, 0) is 62.9 Å². The quantitative estimate of drug-likeness (QED) is 0.672. The molecule has 5 nitrogen and oxygen atoms in total. The summed E-state index contributed by atoms with van der Waals surface area (Å²) in [5.74, 6) is -0.304. The van der Waals surface area contributed by atoms with Crippen LogP contribution in [-0.2, 0) is 0 Å². The highest BCUT2D eigenvalue weighted by atomic mass is 16.6. The molecule has 2 aromatic carbocycles. The first-order valence-corrected chi connectivity index (χ1v) is 7.85. The van der Waals surface area contributed by atoms with Crippen molar-refractivity contribution in [2.24, 2.45) is 0 Å². The van der Waals surface area contributed by atoms with Crippen LogP contribution >= 0.6 is 0 Å². The largest absolute Gasteiger partial charge is 0.345 e. The second-order valence-electron chi connectivity index (χ2n) is 6.20. The van der Waals surface area contributed by atoms with Crippen molar-refractivity contribution in [1.29, 1.82) is 0 Å². The van der Waals surface area contributed by atoms with E-state index in [9.17, 15) is 14.9 Å². The van der Waals surface area contributed by atoms with Crippen molar-refractivity contribution in [2.45, 2.75) is 40.7 Å². The third kappa shape index (κ3) is 3.45. The van der Waals surface area contributed by atoms with Crippen molar-refractivity contribution in [3.8, 4) is 0 Å². The normalized spacial score (nSPS) is 11.9. The minimum Gasteiger partial charge on any atom is -0.345 e. The zero-order valence-corrected chi connectivity index (χ0v) is 14.6. The Kier molecular flexibility index (Phi) is 5.02. The molecule has 5 heteroatoms. The van der Waals surface area contributed by atoms with Crippen LogP contribution in [0.5, 0.6) is 0 Å². The summed E-state index contributed by atoms with van der Waals surface area (Å²) in [5, 5.41) is 14.0. The van der Waals surface area contributed by atoms with Gasteiger partial charge >= 0.3 is 0 Å². The maximum absolute atomic E-state index is 12.6. The molecule has 1 atom stereocenters. The van der Waals surface area contributed by atoms with Crippen LogP contribution in [0.25, 0.3) is 0 Å². The highest BCUT2D eigenvalue weighted by molar-refractivity contribution is 5.96. The topological polar surface area (TPSA) is 72.2 Å².